The molecule has 0 aromatic heterocycles. The fraction of sp³-hybridized carbons (Fsp3) is 0.840. The average molecular weight is 510 g/mol. The van der Waals surface area contributed by atoms with Crippen molar-refractivity contribution in [1.82, 2.24) is 5.32 Å². The van der Waals surface area contributed by atoms with E-state index in [4.69, 9.17) is 4.74 Å². The number of allylic oxidation sites excluding steroid dienone is 1. The molecule has 10 heteroatoms. The molecule has 0 heterocycles. The quantitative estimate of drug-likeness (QED) is 0.284. The van der Waals surface area contributed by atoms with Crippen LogP contribution in [0.5, 0.6) is 0 Å². The number of esters is 1. The van der Waals surface area contributed by atoms with Gasteiger partial charge in [0, 0.05) is 12.0 Å². The zero-order valence-electron chi connectivity index (χ0n) is 20.2. The van der Waals surface area contributed by atoms with Crippen LogP contribution in [0.3, 0.4) is 0 Å². The van der Waals surface area contributed by atoms with Crippen LogP contribution in [0.4, 0.5) is 26.3 Å². The average Bonchev–Trinajstić information content (AvgIpc) is 3.10. The van der Waals surface area contributed by atoms with E-state index < -0.39 is 36.4 Å². The van der Waals surface area contributed by atoms with Crippen LogP contribution in [0.1, 0.15) is 72.1 Å². The van der Waals surface area contributed by atoms with E-state index in [-0.39, 0.29) is 22.7 Å². The number of halogens is 6. The Hall–Kier alpha value is -1.74. The zero-order valence-corrected chi connectivity index (χ0v) is 20.2. The summed E-state index contributed by atoms with van der Waals surface area (Å²) < 4.78 is 81.2. The molecule has 1 N–H and O–H groups in total. The third kappa shape index (κ3) is 4.59. The summed E-state index contributed by atoms with van der Waals surface area (Å²) in [6.45, 7) is 5.86. The number of nitrogens with one attached hydrogen (secondary N) is 1. The van der Waals surface area contributed by atoms with Crippen molar-refractivity contribution in [2.75, 3.05) is 0 Å². The highest BCUT2D eigenvalue weighted by Gasteiger charge is 2.60. The molecule has 0 radical (unpaired) electrons. The van der Waals surface area contributed by atoms with Gasteiger partial charge in [-0.05, 0) is 86.9 Å². The van der Waals surface area contributed by atoms with Crippen LogP contribution in [-0.2, 0) is 14.3 Å². The van der Waals surface area contributed by atoms with E-state index >= 15 is 0 Å². The number of carbonyl (C=O) groups excluding carboxylic acids is 2. The number of ether oxygens (including phenoxy) is 1. The predicted octanol–water partition coefficient (Wildman–Crippen LogP) is 6.11. The van der Waals surface area contributed by atoms with Gasteiger partial charge < -0.3 is 10.1 Å². The van der Waals surface area contributed by atoms with Crippen molar-refractivity contribution < 1.29 is 40.7 Å². The maximum atomic E-state index is 12.7. The smallest absolute Gasteiger partial charge is 0.456 e. The molecule has 3 fully saturated rings. The topological polar surface area (TPSA) is 55.4 Å². The lowest BCUT2D eigenvalue weighted by atomic mass is 9.47. The van der Waals surface area contributed by atoms with E-state index in [1.165, 1.54) is 0 Å². The minimum Gasteiger partial charge on any atom is -0.456 e. The fourth-order valence-corrected chi connectivity index (χ4v) is 8.18. The van der Waals surface area contributed by atoms with Crippen LogP contribution in [0.15, 0.2) is 11.6 Å². The summed E-state index contributed by atoms with van der Waals surface area (Å²) in [4.78, 5) is 22.8. The maximum Gasteiger partial charge on any atom is 0.490 e. The second kappa shape index (κ2) is 8.68. The van der Waals surface area contributed by atoms with Crippen LogP contribution in [-0.4, -0.2) is 36.4 Å². The van der Waals surface area contributed by atoms with Gasteiger partial charge in [0.1, 0.15) is 6.10 Å². The van der Waals surface area contributed by atoms with Gasteiger partial charge in [-0.25, -0.2) is 4.79 Å². The van der Waals surface area contributed by atoms with Gasteiger partial charge in [-0.2, -0.15) is 26.3 Å². The molecule has 8 atom stereocenters. The van der Waals surface area contributed by atoms with E-state index in [0.29, 0.717) is 37.5 Å². The molecule has 3 saturated carbocycles. The van der Waals surface area contributed by atoms with Gasteiger partial charge >= 0.3 is 24.2 Å². The van der Waals surface area contributed by atoms with Gasteiger partial charge in [-0.1, -0.05) is 25.5 Å². The highest BCUT2D eigenvalue weighted by Crippen LogP contribution is 2.66. The summed E-state index contributed by atoms with van der Waals surface area (Å²) >= 11 is 0. The van der Waals surface area contributed by atoms with Gasteiger partial charge in [0.25, 0.3) is 0 Å². The largest absolute Gasteiger partial charge is 0.490 e. The van der Waals surface area contributed by atoms with Gasteiger partial charge in [-0.3, -0.25) is 4.79 Å². The van der Waals surface area contributed by atoms with Crippen molar-refractivity contribution in [3.8, 4) is 0 Å². The minimum atomic E-state index is -5.01. The molecule has 198 valence electrons. The number of carbonyl (C=O) groups is 2. The first-order valence-electron chi connectivity index (χ1n) is 12.4. The third-order valence-electron chi connectivity index (χ3n) is 9.86. The molecule has 0 spiro atoms. The standard InChI is InChI=1S/C25H33F6NO3/c1-13(35-21(34)25(29,30)31)17-6-7-18-16-5-4-14-12-15(32-20(33)24(26,27)28)8-10-22(14,2)19(16)9-11-23(17,18)3/h4,13,15-19H,5-12H2,1-3H3,(H,32,33)/t13-,15+,16-,17+,18-,19-,22-,23+/m0/s1. The Labute approximate surface area is 201 Å². The summed E-state index contributed by atoms with van der Waals surface area (Å²) in [5.74, 6) is -3.23. The Morgan fingerprint density at radius 1 is 1.00 bits per heavy atom. The van der Waals surface area contributed by atoms with Crippen molar-refractivity contribution in [2.45, 2.75) is 96.6 Å². The van der Waals surface area contributed by atoms with E-state index in [1.807, 2.05) is 0 Å². The number of amides is 1. The Bertz CT molecular complexity index is 899. The summed E-state index contributed by atoms with van der Waals surface area (Å²) in [6.07, 6.45) is -2.98. The molecule has 4 aliphatic rings. The number of hydrogen-bond acceptors (Lipinski definition) is 3. The van der Waals surface area contributed by atoms with Crippen molar-refractivity contribution in [2.24, 2.45) is 34.5 Å². The molecule has 35 heavy (non-hydrogen) atoms. The maximum absolute atomic E-state index is 12.7. The van der Waals surface area contributed by atoms with Gasteiger partial charge in [0.15, 0.2) is 0 Å². The van der Waals surface area contributed by atoms with E-state index in [2.05, 4.69) is 25.2 Å². The first-order valence-corrected chi connectivity index (χ1v) is 12.4. The molecule has 0 aliphatic heterocycles. The molecule has 4 rings (SSSR count). The van der Waals surface area contributed by atoms with Crippen LogP contribution in [0, 0.1) is 34.5 Å². The molecule has 4 aliphatic carbocycles. The van der Waals surface area contributed by atoms with Crippen molar-refractivity contribution >= 4 is 11.9 Å². The second-order valence-electron chi connectivity index (χ2n) is 11.5. The van der Waals surface area contributed by atoms with Crippen LogP contribution >= 0.6 is 0 Å². The van der Waals surface area contributed by atoms with Crippen LogP contribution < -0.4 is 5.32 Å². The van der Waals surface area contributed by atoms with E-state index in [0.717, 1.165) is 31.3 Å². The first-order chi connectivity index (χ1) is 16.1. The normalized spacial score (nSPS) is 40.0. The fourth-order valence-electron chi connectivity index (χ4n) is 8.18. The molecular formula is C25H33F6NO3. The SMILES string of the molecule is C[C@H](OC(=O)C(F)(F)F)[C@H]1CC[C@H]2[C@@H]3CC=C4C[C@H](NC(=O)C(F)(F)F)CC[C@]4(C)[C@H]3CC[C@]12C. The summed E-state index contributed by atoms with van der Waals surface area (Å²) in [6, 6.07) is -0.533. The van der Waals surface area contributed by atoms with Crippen molar-refractivity contribution in [3.63, 3.8) is 0 Å². The number of hydrogen-bond donors (Lipinski definition) is 1. The highest BCUT2D eigenvalue weighted by atomic mass is 19.4. The number of alkyl halides is 6. The zero-order chi connectivity index (χ0) is 26.0. The highest BCUT2D eigenvalue weighted by molar-refractivity contribution is 5.82. The van der Waals surface area contributed by atoms with Crippen molar-refractivity contribution in [3.05, 3.63) is 11.6 Å². The molecule has 4 nitrogen and oxygen atoms in total. The summed E-state index contributed by atoms with van der Waals surface area (Å²) in [5.41, 5.74) is 0.727. The summed E-state index contributed by atoms with van der Waals surface area (Å²) in [7, 11) is 0. The summed E-state index contributed by atoms with van der Waals surface area (Å²) in [5, 5.41) is 2.14. The van der Waals surface area contributed by atoms with Crippen LogP contribution in [0.25, 0.3) is 0 Å². The molecule has 0 aromatic rings. The Kier molecular flexibility index (Phi) is 6.53. The molecule has 0 unspecified atom stereocenters. The Morgan fingerprint density at radius 3 is 2.31 bits per heavy atom. The molecule has 1 amide bonds. The molecule has 0 bridgehead atoms. The number of fused-ring (bicyclic) bond motifs is 5. The molecule has 0 saturated heterocycles. The molecular weight excluding hydrogens is 476 g/mol. The minimum absolute atomic E-state index is 0.147. The van der Waals surface area contributed by atoms with Gasteiger partial charge in [-0.15, -0.1) is 0 Å². The van der Waals surface area contributed by atoms with Gasteiger partial charge in [0.05, 0.1) is 0 Å². The Morgan fingerprint density at radius 2 is 1.69 bits per heavy atom. The third-order valence-corrected chi connectivity index (χ3v) is 9.86. The first kappa shape index (κ1) is 26.3. The van der Waals surface area contributed by atoms with E-state index in [1.54, 1.807) is 6.92 Å². The lowest BCUT2D eigenvalue weighted by molar-refractivity contribution is -0.208. The van der Waals surface area contributed by atoms with Gasteiger partial charge in [0.2, 0.25) is 0 Å². The van der Waals surface area contributed by atoms with E-state index in [9.17, 15) is 35.9 Å². The van der Waals surface area contributed by atoms with Crippen molar-refractivity contribution in [1.29, 1.82) is 0 Å². The predicted molar refractivity (Wildman–Crippen MR) is 115 cm³/mol. The Balaban J connectivity index is 1.48. The number of rotatable bonds is 3. The lowest BCUT2D eigenvalue weighted by Crippen LogP contribution is -2.53. The lowest BCUT2D eigenvalue weighted by Gasteiger charge is -2.58. The second-order valence-corrected chi connectivity index (χ2v) is 11.5. The molecule has 0 aromatic carbocycles. The monoisotopic (exact) mass is 509 g/mol. The van der Waals surface area contributed by atoms with Crippen LogP contribution in [0.2, 0.25) is 0 Å².